The van der Waals surface area contributed by atoms with Crippen molar-refractivity contribution in [2.45, 2.75) is 26.2 Å². The zero-order valence-electron chi connectivity index (χ0n) is 16.0. The van der Waals surface area contributed by atoms with Crippen molar-refractivity contribution in [3.8, 4) is 0 Å². The molecule has 3 aromatic rings. The zero-order chi connectivity index (χ0) is 20.0. The van der Waals surface area contributed by atoms with Crippen LogP contribution in [0.1, 0.15) is 44.9 Å². The Morgan fingerprint density at radius 3 is 2.90 bits per heavy atom. The summed E-state index contributed by atoms with van der Waals surface area (Å²) in [6, 6.07) is 11.2. The fraction of sp³-hybridized carbons (Fsp3) is 0.227. The molecular formula is C22H20N4O3. The van der Waals surface area contributed by atoms with Gasteiger partial charge in [-0.25, -0.2) is 0 Å². The smallest absolute Gasteiger partial charge is 0.275 e. The number of ether oxygens (including phenoxy) is 1. The van der Waals surface area contributed by atoms with Crippen molar-refractivity contribution in [1.29, 1.82) is 0 Å². The van der Waals surface area contributed by atoms with Gasteiger partial charge >= 0.3 is 0 Å². The predicted molar refractivity (Wildman–Crippen MR) is 108 cm³/mol. The number of fused-ring (bicyclic) bond motifs is 2. The average Bonchev–Trinajstić information content (AvgIpc) is 3.38. The minimum Gasteiger partial charge on any atom is -0.372 e. The van der Waals surface area contributed by atoms with Crippen LogP contribution in [0.2, 0.25) is 0 Å². The van der Waals surface area contributed by atoms with Gasteiger partial charge in [0.15, 0.2) is 0 Å². The summed E-state index contributed by atoms with van der Waals surface area (Å²) in [5.74, 6) is -0.500. The molecule has 2 aromatic heterocycles. The highest BCUT2D eigenvalue weighted by atomic mass is 16.5. The molecular weight excluding hydrogens is 368 g/mol. The number of pyridine rings is 1. The van der Waals surface area contributed by atoms with Gasteiger partial charge in [0.1, 0.15) is 5.69 Å². The molecule has 0 fully saturated rings. The summed E-state index contributed by atoms with van der Waals surface area (Å²) in [6.45, 7) is 3.77. The first-order valence-electron chi connectivity index (χ1n) is 9.55. The maximum absolute atomic E-state index is 13.4. The lowest BCUT2D eigenvalue weighted by Crippen LogP contribution is -2.43. The molecule has 1 atom stereocenters. The molecule has 0 unspecified atom stereocenters. The van der Waals surface area contributed by atoms with Gasteiger partial charge in [-0.15, -0.1) is 0 Å². The van der Waals surface area contributed by atoms with E-state index < -0.39 is 0 Å². The largest absolute Gasteiger partial charge is 0.372 e. The molecule has 4 heterocycles. The number of carbonyl (C=O) groups excluding carboxylic acids is 2. The predicted octanol–water partition coefficient (Wildman–Crippen LogP) is 3.39. The summed E-state index contributed by atoms with van der Waals surface area (Å²) < 4.78 is 7.37. The number of anilines is 2. The minimum absolute atomic E-state index is 0.0483. The molecule has 29 heavy (non-hydrogen) atoms. The molecule has 5 rings (SSSR count). The van der Waals surface area contributed by atoms with E-state index in [9.17, 15) is 9.59 Å². The van der Waals surface area contributed by atoms with Crippen molar-refractivity contribution in [3.05, 3.63) is 77.4 Å². The lowest BCUT2D eigenvalue weighted by molar-refractivity contribution is 0.0942. The summed E-state index contributed by atoms with van der Waals surface area (Å²) in [7, 11) is 0. The first kappa shape index (κ1) is 17.6. The molecule has 1 aromatic carbocycles. The first-order chi connectivity index (χ1) is 14.1. The molecule has 7 heteroatoms. The highest BCUT2D eigenvalue weighted by molar-refractivity contribution is 6.16. The van der Waals surface area contributed by atoms with Gasteiger partial charge in [0.25, 0.3) is 11.8 Å². The number of aromatic nitrogens is 2. The Labute approximate surface area is 167 Å². The normalized spacial score (nSPS) is 17.8. The summed E-state index contributed by atoms with van der Waals surface area (Å²) >= 11 is 0. The van der Waals surface area contributed by atoms with Crippen molar-refractivity contribution in [1.82, 2.24) is 9.55 Å². The van der Waals surface area contributed by atoms with Crippen LogP contribution in [0.5, 0.6) is 0 Å². The number of rotatable bonds is 3. The molecule has 2 amide bonds. The second-order valence-electron chi connectivity index (χ2n) is 7.39. The molecule has 2 aliphatic heterocycles. The van der Waals surface area contributed by atoms with Crippen molar-refractivity contribution in [3.63, 3.8) is 0 Å². The Morgan fingerprint density at radius 1 is 1.21 bits per heavy atom. The van der Waals surface area contributed by atoms with Gasteiger partial charge in [0, 0.05) is 30.7 Å². The third-order valence-electron chi connectivity index (χ3n) is 5.47. The van der Waals surface area contributed by atoms with E-state index in [2.05, 4.69) is 10.3 Å². The van der Waals surface area contributed by atoms with E-state index in [4.69, 9.17) is 4.74 Å². The average molecular weight is 388 g/mol. The van der Waals surface area contributed by atoms with E-state index >= 15 is 0 Å². The number of amides is 2. The van der Waals surface area contributed by atoms with Crippen LogP contribution in [0.3, 0.4) is 0 Å². The van der Waals surface area contributed by atoms with E-state index in [1.807, 2.05) is 35.9 Å². The van der Waals surface area contributed by atoms with Crippen molar-refractivity contribution >= 4 is 23.2 Å². The van der Waals surface area contributed by atoms with Gasteiger partial charge in [-0.2, -0.15) is 0 Å². The van der Waals surface area contributed by atoms with Crippen LogP contribution in [-0.2, 0) is 18.0 Å². The number of carbonyl (C=O) groups is 2. The first-order valence-corrected chi connectivity index (χ1v) is 9.55. The van der Waals surface area contributed by atoms with Crippen LogP contribution in [0.25, 0.3) is 0 Å². The standard InChI is InChI=1S/C22H20N4O3/c1-14-11-26(18-5-4-15-12-29-13-16(15)9-18)22(28)20-19(6-8-25(14)20)21(27)24-17-3-2-7-23-10-17/h2-10,14H,11-13H2,1H3,(H,24,27)/t14-/m0/s1. The van der Waals surface area contributed by atoms with Crippen molar-refractivity contribution < 1.29 is 14.3 Å². The van der Waals surface area contributed by atoms with Crippen LogP contribution >= 0.6 is 0 Å². The fourth-order valence-corrected chi connectivity index (χ4v) is 3.97. The highest BCUT2D eigenvalue weighted by Crippen LogP contribution is 2.32. The lowest BCUT2D eigenvalue weighted by Gasteiger charge is -2.33. The Kier molecular flexibility index (Phi) is 4.17. The Bertz CT molecular complexity index is 1110. The van der Waals surface area contributed by atoms with Gasteiger partial charge in [-0.05, 0) is 48.4 Å². The molecule has 146 valence electrons. The van der Waals surface area contributed by atoms with Crippen molar-refractivity contribution in [2.24, 2.45) is 0 Å². The Hall–Kier alpha value is -3.45. The number of hydrogen-bond acceptors (Lipinski definition) is 4. The van der Waals surface area contributed by atoms with Gasteiger partial charge in [0.2, 0.25) is 0 Å². The SMILES string of the molecule is C[C@H]1CN(c2ccc3c(c2)COC3)C(=O)c2c(C(=O)Nc3cccnc3)ccn21. The molecule has 0 bridgehead atoms. The van der Waals surface area contributed by atoms with Gasteiger partial charge in [-0.3, -0.25) is 14.6 Å². The van der Waals surface area contributed by atoms with Crippen LogP contribution in [0, 0.1) is 0 Å². The maximum Gasteiger partial charge on any atom is 0.275 e. The second-order valence-corrected chi connectivity index (χ2v) is 7.39. The summed E-state index contributed by atoms with van der Waals surface area (Å²) in [6.07, 6.45) is 5.02. The van der Waals surface area contributed by atoms with Gasteiger partial charge in [-0.1, -0.05) is 6.07 Å². The van der Waals surface area contributed by atoms with Crippen LogP contribution in [-0.4, -0.2) is 27.9 Å². The monoisotopic (exact) mass is 388 g/mol. The van der Waals surface area contributed by atoms with Gasteiger partial charge in [0.05, 0.1) is 30.7 Å². The third-order valence-corrected chi connectivity index (χ3v) is 5.47. The number of hydrogen-bond donors (Lipinski definition) is 1. The molecule has 0 saturated heterocycles. The van der Waals surface area contributed by atoms with Crippen LogP contribution in [0.4, 0.5) is 11.4 Å². The molecule has 0 radical (unpaired) electrons. The number of nitrogens with one attached hydrogen (secondary N) is 1. The molecule has 2 aliphatic rings. The van der Waals surface area contributed by atoms with E-state index in [1.54, 1.807) is 35.5 Å². The van der Waals surface area contributed by atoms with Crippen LogP contribution < -0.4 is 10.2 Å². The van der Waals surface area contributed by atoms with Gasteiger partial charge < -0.3 is 19.5 Å². The second kappa shape index (κ2) is 6.86. The number of nitrogens with zero attached hydrogens (tertiary/aromatic N) is 3. The minimum atomic E-state index is -0.323. The summed E-state index contributed by atoms with van der Waals surface area (Å²) in [4.78, 5) is 32.0. The lowest BCUT2D eigenvalue weighted by atomic mass is 10.1. The van der Waals surface area contributed by atoms with E-state index in [0.717, 1.165) is 16.8 Å². The summed E-state index contributed by atoms with van der Waals surface area (Å²) in [5.41, 5.74) is 4.45. The molecule has 7 nitrogen and oxygen atoms in total. The topological polar surface area (TPSA) is 76.5 Å². The van der Waals surface area contributed by atoms with E-state index in [0.29, 0.717) is 36.7 Å². The number of benzene rings is 1. The molecule has 0 aliphatic carbocycles. The molecule has 1 N–H and O–H groups in total. The van der Waals surface area contributed by atoms with Crippen LogP contribution in [0.15, 0.2) is 55.0 Å². The summed E-state index contributed by atoms with van der Waals surface area (Å²) in [5, 5.41) is 2.82. The highest BCUT2D eigenvalue weighted by Gasteiger charge is 2.34. The molecule has 0 saturated carbocycles. The maximum atomic E-state index is 13.4. The van der Waals surface area contributed by atoms with E-state index in [-0.39, 0.29) is 17.9 Å². The molecule has 0 spiro atoms. The fourth-order valence-electron chi connectivity index (χ4n) is 3.97. The van der Waals surface area contributed by atoms with E-state index in [1.165, 1.54) is 0 Å². The Balaban J connectivity index is 1.49. The van der Waals surface area contributed by atoms with Crippen molar-refractivity contribution in [2.75, 3.05) is 16.8 Å². The Morgan fingerprint density at radius 2 is 2.07 bits per heavy atom. The zero-order valence-corrected chi connectivity index (χ0v) is 16.0. The quantitative estimate of drug-likeness (QED) is 0.746. The third kappa shape index (κ3) is 3.00.